The number of piperidine rings is 1. The molecule has 3 rings (SSSR count). The zero-order valence-corrected chi connectivity index (χ0v) is 19.5. The molecule has 1 saturated heterocycles. The molecule has 174 valence electrons. The number of rotatable bonds is 7. The average Bonchev–Trinajstić information content (AvgIpc) is 2.78. The van der Waals surface area contributed by atoms with Crippen LogP contribution < -0.4 is 4.72 Å². The summed E-state index contributed by atoms with van der Waals surface area (Å²) in [5, 5.41) is 0. The van der Waals surface area contributed by atoms with E-state index in [1.807, 2.05) is 6.07 Å². The smallest absolute Gasteiger partial charge is 0.409 e. The van der Waals surface area contributed by atoms with E-state index in [0.717, 1.165) is 30.0 Å². The summed E-state index contributed by atoms with van der Waals surface area (Å²) in [5.74, 6) is 0.557. The molecule has 1 heterocycles. The Bertz CT molecular complexity index is 810. The Labute approximate surface area is 186 Å². The van der Waals surface area contributed by atoms with Crippen LogP contribution in [0.25, 0.3) is 0 Å². The summed E-state index contributed by atoms with van der Waals surface area (Å²) in [5.41, 5.74) is 1.38. The van der Waals surface area contributed by atoms with Gasteiger partial charge in [0, 0.05) is 26.7 Å². The number of likely N-dealkylation sites (tertiary alicyclic amines) is 1. The van der Waals surface area contributed by atoms with Crippen LogP contribution in [0.4, 0.5) is 4.79 Å². The lowest BCUT2D eigenvalue weighted by Crippen LogP contribution is -2.60. The third-order valence-corrected chi connectivity index (χ3v) is 7.98. The normalized spacial score (nSPS) is 27.3. The van der Waals surface area contributed by atoms with E-state index in [-0.39, 0.29) is 12.7 Å². The van der Waals surface area contributed by atoms with E-state index in [1.54, 1.807) is 4.90 Å². The fraction of sp³-hybridized carbons (Fsp3) is 0.682. The second kappa shape index (κ2) is 10.8. The minimum atomic E-state index is -3.62. The predicted octanol–water partition coefficient (Wildman–Crippen LogP) is 2.72. The lowest BCUT2D eigenvalue weighted by Gasteiger charge is -2.41. The van der Waals surface area contributed by atoms with Crippen molar-refractivity contribution in [3.63, 3.8) is 0 Å². The Morgan fingerprint density at radius 3 is 2.42 bits per heavy atom. The standard InChI is InChI=1S/C22H35N3O5S/c1-24(2)31(27,28)23-20-10-7-15-25(22(26)29-3)21(20)16-30-19-13-11-18(12-14-19)17-8-5-4-6-9-17/h4-6,8-9,18-21,23H,7,10-16H2,1-3H3/t18?,19?,20-,21-/m0/s1. The highest BCUT2D eigenvalue weighted by molar-refractivity contribution is 7.87. The van der Waals surface area contributed by atoms with Crippen LogP contribution in [0.2, 0.25) is 0 Å². The Morgan fingerprint density at radius 2 is 1.81 bits per heavy atom. The highest BCUT2D eigenvalue weighted by Gasteiger charge is 2.38. The second-order valence-corrected chi connectivity index (χ2v) is 10.5. The van der Waals surface area contributed by atoms with Crippen molar-refractivity contribution in [2.45, 2.75) is 62.6 Å². The quantitative estimate of drug-likeness (QED) is 0.686. The molecular formula is C22H35N3O5S. The van der Waals surface area contributed by atoms with E-state index < -0.39 is 28.4 Å². The molecule has 8 nitrogen and oxygen atoms in total. The first-order chi connectivity index (χ1) is 14.8. The molecule has 2 aliphatic rings. The molecular weight excluding hydrogens is 418 g/mol. The number of hydrogen-bond donors (Lipinski definition) is 1. The van der Waals surface area contributed by atoms with Gasteiger partial charge in [-0.2, -0.15) is 17.4 Å². The number of nitrogens with zero attached hydrogens (tertiary/aromatic N) is 2. The predicted molar refractivity (Wildman–Crippen MR) is 119 cm³/mol. The number of amides is 1. The van der Waals surface area contributed by atoms with Gasteiger partial charge in [0.15, 0.2) is 0 Å². The average molecular weight is 454 g/mol. The summed E-state index contributed by atoms with van der Waals surface area (Å²) in [6.07, 6.45) is 5.07. The third kappa shape index (κ3) is 6.19. The van der Waals surface area contributed by atoms with Gasteiger partial charge in [-0.3, -0.25) is 0 Å². The van der Waals surface area contributed by atoms with Crippen LogP contribution in [0.1, 0.15) is 50.0 Å². The molecule has 1 aromatic rings. The molecule has 0 radical (unpaired) electrons. The lowest BCUT2D eigenvalue weighted by molar-refractivity contribution is -0.0246. The maximum atomic E-state index is 12.4. The van der Waals surface area contributed by atoms with Crippen LogP contribution in [-0.4, -0.2) is 76.3 Å². The molecule has 2 atom stereocenters. The van der Waals surface area contributed by atoms with Crippen molar-refractivity contribution in [2.75, 3.05) is 34.4 Å². The Hall–Kier alpha value is -1.68. The van der Waals surface area contributed by atoms with E-state index in [1.165, 1.54) is 26.8 Å². The number of ether oxygens (including phenoxy) is 2. The molecule has 31 heavy (non-hydrogen) atoms. The van der Waals surface area contributed by atoms with Crippen LogP contribution in [0, 0.1) is 0 Å². The second-order valence-electron chi connectivity index (χ2n) is 8.60. The number of methoxy groups -OCH3 is 1. The minimum absolute atomic E-state index is 0.118. The molecule has 1 saturated carbocycles. The summed E-state index contributed by atoms with van der Waals surface area (Å²) in [7, 11) is 0.699. The van der Waals surface area contributed by atoms with Crippen molar-refractivity contribution in [3.05, 3.63) is 35.9 Å². The summed E-state index contributed by atoms with van der Waals surface area (Å²) in [6, 6.07) is 9.75. The van der Waals surface area contributed by atoms with Gasteiger partial charge >= 0.3 is 6.09 Å². The number of carbonyl (C=O) groups excluding carboxylic acids is 1. The summed E-state index contributed by atoms with van der Waals surface area (Å²) < 4.78 is 39.9. The maximum absolute atomic E-state index is 12.4. The summed E-state index contributed by atoms with van der Waals surface area (Å²) in [4.78, 5) is 13.9. The lowest BCUT2D eigenvalue weighted by atomic mass is 9.83. The Morgan fingerprint density at radius 1 is 1.13 bits per heavy atom. The van der Waals surface area contributed by atoms with Crippen molar-refractivity contribution in [1.82, 2.24) is 13.9 Å². The van der Waals surface area contributed by atoms with E-state index in [9.17, 15) is 13.2 Å². The van der Waals surface area contributed by atoms with Gasteiger partial charge in [0.25, 0.3) is 10.2 Å². The molecule has 1 amide bonds. The highest BCUT2D eigenvalue weighted by atomic mass is 32.2. The van der Waals surface area contributed by atoms with Gasteiger partial charge in [-0.15, -0.1) is 0 Å². The van der Waals surface area contributed by atoms with Gasteiger partial charge in [0.05, 0.1) is 25.9 Å². The fourth-order valence-electron chi connectivity index (χ4n) is 4.56. The van der Waals surface area contributed by atoms with E-state index in [2.05, 4.69) is 29.0 Å². The molecule has 1 aliphatic carbocycles. The zero-order chi connectivity index (χ0) is 22.4. The van der Waals surface area contributed by atoms with Crippen LogP contribution in [0.3, 0.4) is 0 Å². The molecule has 1 aromatic carbocycles. The molecule has 0 aromatic heterocycles. The molecule has 0 bridgehead atoms. The van der Waals surface area contributed by atoms with E-state index in [4.69, 9.17) is 9.47 Å². The first-order valence-corrected chi connectivity index (χ1v) is 12.5. The van der Waals surface area contributed by atoms with Crippen LogP contribution in [0.15, 0.2) is 30.3 Å². The van der Waals surface area contributed by atoms with Gasteiger partial charge < -0.3 is 14.4 Å². The van der Waals surface area contributed by atoms with Crippen LogP contribution >= 0.6 is 0 Å². The number of benzene rings is 1. The Kier molecular flexibility index (Phi) is 8.32. The summed E-state index contributed by atoms with van der Waals surface area (Å²) >= 11 is 0. The van der Waals surface area contributed by atoms with Gasteiger partial charge in [0.1, 0.15) is 0 Å². The van der Waals surface area contributed by atoms with Crippen molar-refractivity contribution in [2.24, 2.45) is 0 Å². The number of carbonyl (C=O) groups is 1. The monoisotopic (exact) mass is 453 g/mol. The fourth-order valence-corrected chi connectivity index (χ4v) is 5.43. The van der Waals surface area contributed by atoms with E-state index in [0.29, 0.717) is 25.3 Å². The topological polar surface area (TPSA) is 88.2 Å². The summed E-state index contributed by atoms with van der Waals surface area (Å²) in [6.45, 7) is 0.817. The molecule has 0 unspecified atom stereocenters. The molecule has 1 N–H and O–H groups in total. The highest BCUT2D eigenvalue weighted by Crippen LogP contribution is 2.34. The zero-order valence-electron chi connectivity index (χ0n) is 18.7. The van der Waals surface area contributed by atoms with Crippen molar-refractivity contribution < 1.29 is 22.7 Å². The molecule has 9 heteroatoms. The van der Waals surface area contributed by atoms with Gasteiger partial charge in [-0.25, -0.2) is 4.79 Å². The first kappa shape index (κ1) is 24.0. The van der Waals surface area contributed by atoms with Gasteiger partial charge in [-0.05, 0) is 50.0 Å². The molecule has 2 fully saturated rings. The van der Waals surface area contributed by atoms with E-state index >= 15 is 0 Å². The van der Waals surface area contributed by atoms with Crippen LogP contribution in [0.5, 0.6) is 0 Å². The van der Waals surface area contributed by atoms with Crippen molar-refractivity contribution in [1.29, 1.82) is 0 Å². The largest absolute Gasteiger partial charge is 0.453 e. The maximum Gasteiger partial charge on any atom is 0.409 e. The molecule has 0 spiro atoms. The molecule has 1 aliphatic heterocycles. The minimum Gasteiger partial charge on any atom is -0.453 e. The van der Waals surface area contributed by atoms with Gasteiger partial charge in [0.2, 0.25) is 0 Å². The van der Waals surface area contributed by atoms with Crippen molar-refractivity contribution >= 4 is 16.3 Å². The third-order valence-electron chi connectivity index (χ3n) is 6.42. The first-order valence-electron chi connectivity index (χ1n) is 11.0. The van der Waals surface area contributed by atoms with Gasteiger partial charge in [-0.1, -0.05) is 30.3 Å². The SMILES string of the molecule is COC(=O)N1CCC[C@H](NS(=O)(=O)N(C)C)[C@@H]1COC1CCC(c2ccccc2)CC1. The van der Waals surface area contributed by atoms with Crippen molar-refractivity contribution in [3.8, 4) is 0 Å². The van der Waals surface area contributed by atoms with Crippen LogP contribution in [-0.2, 0) is 19.7 Å². The Balaban J connectivity index is 1.62. The number of nitrogens with one attached hydrogen (secondary N) is 1. The number of hydrogen-bond acceptors (Lipinski definition) is 5.